The molecule has 0 aliphatic carbocycles. The molecule has 192 valence electrons. The van der Waals surface area contributed by atoms with E-state index in [0.29, 0.717) is 45.9 Å². The minimum absolute atomic E-state index is 0.313. The second kappa shape index (κ2) is 11.2. The highest BCUT2D eigenvalue weighted by Crippen LogP contribution is 2.37. The molecule has 1 amide bonds. The Morgan fingerprint density at radius 3 is 2.61 bits per heavy atom. The maximum Gasteiger partial charge on any atom is 0.419 e. The summed E-state index contributed by atoms with van der Waals surface area (Å²) in [7, 11) is 1.76. The smallest absolute Gasteiger partial charge is 0.419 e. The number of aromatic nitrogens is 2. The molecule has 1 aliphatic rings. The van der Waals surface area contributed by atoms with Crippen LogP contribution in [0.15, 0.2) is 47.1 Å². The standard InChI is InChI=1S/C24H23BrF4N4O2S/c1-32-22(19(25)14-30-32)17-13-16(3-5-21(17)35-9-6-33-7-10-36-11-8-33)31-23(34)15-2-4-20(26)18(12-15)24(27,28)29/h2-5,12-14H,6-11H2,1H3,(H,31,34). The van der Waals surface area contributed by atoms with Crippen LogP contribution in [0.5, 0.6) is 5.75 Å². The fourth-order valence-corrected chi connectivity index (χ4v) is 5.37. The number of halogens is 5. The van der Waals surface area contributed by atoms with Crippen molar-refractivity contribution in [2.75, 3.05) is 43.1 Å². The Morgan fingerprint density at radius 2 is 1.94 bits per heavy atom. The van der Waals surface area contributed by atoms with Crippen molar-refractivity contribution in [1.82, 2.24) is 14.7 Å². The van der Waals surface area contributed by atoms with Crippen LogP contribution in [0.3, 0.4) is 0 Å². The van der Waals surface area contributed by atoms with Gasteiger partial charge in [-0.1, -0.05) is 0 Å². The second-order valence-electron chi connectivity index (χ2n) is 8.12. The van der Waals surface area contributed by atoms with Gasteiger partial charge in [-0.25, -0.2) is 4.39 Å². The fourth-order valence-electron chi connectivity index (χ4n) is 3.83. The van der Waals surface area contributed by atoms with Gasteiger partial charge in [0.1, 0.15) is 18.2 Å². The molecular formula is C24H23BrF4N4O2S. The summed E-state index contributed by atoms with van der Waals surface area (Å²) < 4.78 is 61.3. The topological polar surface area (TPSA) is 59.4 Å². The van der Waals surface area contributed by atoms with Crippen molar-refractivity contribution in [2.45, 2.75) is 6.18 Å². The SMILES string of the molecule is Cn1ncc(Br)c1-c1cc(NC(=O)c2ccc(F)c(C(F)(F)F)c2)ccc1OCCN1CCSCC1. The molecule has 6 nitrogen and oxygen atoms in total. The van der Waals surface area contributed by atoms with Crippen LogP contribution in [0.25, 0.3) is 11.3 Å². The first-order valence-corrected chi connectivity index (χ1v) is 13.0. The van der Waals surface area contributed by atoms with Crippen molar-refractivity contribution in [3.8, 4) is 17.0 Å². The van der Waals surface area contributed by atoms with Crippen LogP contribution in [0.4, 0.5) is 23.2 Å². The van der Waals surface area contributed by atoms with Gasteiger partial charge < -0.3 is 10.1 Å². The summed E-state index contributed by atoms with van der Waals surface area (Å²) in [6.07, 6.45) is -3.28. The minimum Gasteiger partial charge on any atom is -0.492 e. The second-order valence-corrected chi connectivity index (χ2v) is 10.2. The number of thioether (sulfide) groups is 1. The number of rotatable bonds is 7. The van der Waals surface area contributed by atoms with E-state index in [2.05, 4.69) is 31.2 Å². The van der Waals surface area contributed by atoms with Crippen molar-refractivity contribution in [3.05, 3.63) is 64.0 Å². The van der Waals surface area contributed by atoms with E-state index in [1.807, 2.05) is 11.8 Å². The molecule has 3 aromatic rings. The molecule has 0 radical (unpaired) electrons. The predicted molar refractivity (Wildman–Crippen MR) is 135 cm³/mol. The van der Waals surface area contributed by atoms with Crippen LogP contribution < -0.4 is 10.1 Å². The van der Waals surface area contributed by atoms with Gasteiger partial charge in [-0.3, -0.25) is 14.4 Å². The van der Waals surface area contributed by atoms with Gasteiger partial charge in [0.2, 0.25) is 0 Å². The minimum atomic E-state index is -4.91. The number of anilines is 1. The Bertz CT molecular complexity index is 1230. The van der Waals surface area contributed by atoms with Crippen LogP contribution in [0, 0.1) is 5.82 Å². The predicted octanol–water partition coefficient (Wildman–Crippen LogP) is 5.69. The first-order valence-electron chi connectivity index (χ1n) is 11.1. The monoisotopic (exact) mass is 586 g/mol. The van der Waals surface area contributed by atoms with Gasteiger partial charge in [0, 0.05) is 55.0 Å². The third kappa shape index (κ3) is 6.22. The summed E-state index contributed by atoms with van der Waals surface area (Å²) in [5.74, 6) is 0.532. The van der Waals surface area contributed by atoms with Crippen LogP contribution in [-0.4, -0.2) is 58.3 Å². The molecule has 1 aliphatic heterocycles. The van der Waals surface area contributed by atoms with Gasteiger partial charge in [-0.2, -0.15) is 30.0 Å². The number of nitrogens with zero attached hydrogens (tertiary/aromatic N) is 3. The lowest BCUT2D eigenvalue weighted by Gasteiger charge is -2.26. The summed E-state index contributed by atoms with van der Waals surface area (Å²) >= 11 is 5.42. The maximum absolute atomic E-state index is 13.6. The van der Waals surface area contributed by atoms with Gasteiger partial charge in [-0.15, -0.1) is 0 Å². The number of benzene rings is 2. The van der Waals surface area contributed by atoms with E-state index in [0.717, 1.165) is 37.2 Å². The summed E-state index contributed by atoms with van der Waals surface area (Å²) in [5, 5.41) is 6.83. The van der Waals surface area contributed by atoms with Crippen molar-refractivity contribution < 1.29 is 27.1 Å². The molecule has 1 fully saturated rings. The number of amides is 1. The van der Waals surface area contributed by atoms with E-state index in [-0.39, 0.29) is 5.56 Å². The summed E-state index contributed by atoms with van der Waals surface area (Å²) in [6, 6.07) is 7.11. The molecule has 1 aromatic heterocycles. The van der Waals surface area contributed by atoms with Crippen molar-refractivity contribution in [1.29, 1.82) is 0 Å². The van der Waals surface area contributed by atoms with E-state index >= 15 is 0 Å². The third-order valence-corrected chi connectivity index (χ3v) is 7.21. The molecular weight excluding hydrogens is 564 g/mol. The Labute approximate surface area is 218 Å². The zero-order valence-corrected chi connectivity index (χ0v) is 21.6. The molecule has 4 rings (SSSR count). The average Bonchev–Trinajstić information content (AvgIpc) is 3.17. The van der Waals surface area contributed by atoms with Crippen molar-refractivity contribution >= 4 is 39.3 Å². The highest BCUT2D eigenvalue weighted by molar-refractivity contribution is 9.10. The van der Waals surface area contributed by atoms with E-state index in [1.165, 1.54) is 0 Å². The van der Waals surface area contributed by atoms with Gasteiger partial charge in [0.05, 0.1) is 21.9 Å². The average molecular weight is 587 g/mol. The molecule has 36 heavy (non-hydrogen) atoms. The van der Waals surface area contributed by atoms with E-state index < -0.39 is 23.5 Å². The van der Waals surface area contributed by atoms with Crippen LogP contribution in [0.2, 0.25) is 0 Å². The molecule has 0 spiro atoms. The Kier molecular flexibility index (Phi) is 8.26. The highest BCUT2D eigenvalue weighted by Gasteiger charge is 2.34. The zero-order valence-electron chi connectivity index (χ0n) is 19.2. The van der Waals surface area contributed by atoms with E-state index in [9.17, 15) is 22.4 Å². The van der Waals surface area contributed by atoms with Crippen LogP contribution in [-0.2, 0) is 13.2 Å². The molecule has 1 saturated heterocycles. The number of aryl methyl sites for hydroxylation is 1. The Hall–Kier alpha value is -2.57. The number of hydrogen-bond donors (Lipinski definition) is 1. The number of hydrogen-bond acceptors (Lipinski definition) is 5. The van der Waals surface area contributed by atoms with Crippen LogP contribution >= 0.6 is 27.7 Å². The molecule has 2 heterocycles. The number of nitrogens with one attached hydrogen (secondary N) is 1. The summed E-state index contributed by atoms with van der Waals surface area (Å²) in [6.45, 7) is 3.27. The van der Waals surface area contributed by atoms with Gasteiger partial charge in [0.25, 0.3) is 5.91 Å². The highest BCUT2D eigenvalue weighted by atomic mass is 79.9. The van der Waals surface area contributed by atoms with Gasteiger partial charge in [0.15, 0.2) is 0 Å². The van der Waals surface area contributed by atoms with Crippen LogP contribution in [0.1, 0.15) is 15.9 Å². The first kappa shape index (κ1) is 26.5. The number of carbonyl (C=O) groups excluding carboxylic acids is 1. The maximum atomic E-state index is 13.6. The third-order valence-electron chi connectivity index (χ3n) is 5.69. The number of carbonyl (C=O) groups is 1. The summed E-state index contributed by atoms with van der Waals surface area (Å²) in [4.78, 5) is 15.0. The molecule has 0 unspecified atom stereocenters. The van der Waals surface area contributed by atoms with E-state index in [1.54, 1.807) is 36.1 Å². The molecule has 0 atom stereocenters. The summed E-state index contributed by atoms with van der Waals surface area (Å²) in [5.41, 5.74) is -0.125. The Balaban J connectivity index is 1.57. The number of ether oxygens (including phenoxy) is 1. The quantitative estimate of drug-likeness (QED) is 0.361. The molecule has 2 aromatic carbocycles. The van der Waals surface area contributed by atoms with Crippen molar-refractivity contribution in [2.24, 2.45) is 7.05 Å². The van der Waals surface area contributed by atoms with Gasteiger partial charge >= 0.3 is 6.18 Å². The molecule has 0 bridgehead atoms. The van der Waals surface area contributed by atoms with Gasteiger partial charge in [-0.05, 0) is 52.3 Å². The lowest BCUT2D eigenvalue weighted by Crippen LogP contribution is -2.35. The lowest BCUT2D eigenvalue weighted by molar-refractivity contribution is -0.140. The molecule has 12 heteroatoms. The normalized spacial score (nSPS) is 14.6. The number of alkyl halides is 3. The zero-order chi connectivity index (χ0) is 25.9. The first-order chi connectivity index (χ1) is 17.1. The van der Waals surface area contributed by atoms with Crippen molar-refractivity contribution in [3.63, 3.8) is 0 Å². The molecule has 0 saturated carbocycles. The van der Waals surface area contributed by atoms with E-state index in [4.69, 9.17) is 4.74 Å². The fraction of sp³-hybridized carbons (Fsp3) is 0.333. The Morgan fingerprint density at radius 1 is 1.19 bits per heavy atom. The molecule has 1 N–H and O–H groups in total. The largest absolute Gasteiger partial charge is 0.492 e. The lowest BCUT2D eigenvalue weighted by atomic mass is 10.1.